The van der Waals surface area contributed by atoms with Gasteiger partial charge in [-0.3, -0.25) is 0 Å². The molecule has 1 nitrogen and oxygen atoms in total. The molecule has 0 aromatic heterocycles. The predicted molar refractivity (Wildman–Crippen MR) is 96.7 cm³/mol. The maximum Gasteiger partial charge on any atom is 0.0554 e. The first-order chi connectivity index (χ1) is 10.6. The quantitative estimate of drug-likeness (QED) is 0.583. The van der Waals surface area contributed by atoms with Gasteiger partial charge in [-0.25, -0.2) is 0 Å². The van der Waals surface area contributed by atoms with Gasteiger partial charge in [0.1, 0.15) is 0 Å². The van der Waals surface area contributed by atoms with Crippen molar-refractivity contribution < 1.29 is 0 Å². The smallest absolute Gasteiger partial charge is 0.0554 e. The number of hydrogen-bond donors (Lipinski definition) is 1. The second kappa shape index (κ2) is 5.43. The van der Waals surface area contributed by atoms with Crippen LogP contribution in [0.15, 0.2) is 53.0 Å². The fourth-order valence-electron chi connectivity index (χ4n) is 3.87. The Hall–Kier alpha value is -1.25. The first-order valence-electron chi connectivity index (χ1n) is 7.62. The van der Waals surface area contributed by atoms with Crippen LogP contribution in [0.1, 0.15) is 35.1 Å². The van der Waals surface area contributed by atoms with E-state index in [1.54, 1.807) is 0 Å². The topological polar surface area (TPSA) is 12.0 Å². The van der Waals surface area contributed by atoms with E-state index < -0.39 is 0 Å². The van der Waals surface area contributed by atoms with Crippen LogP contribution >= 0.6 is 27.5 Å². The Morgan fingerprint density at radius 1 is 1.23 bits per heavy atom. The van der Waals surface area contributed by atoms with Crippen molar-refractivity contribution in [3.63, 3.8) is 0 Å². The van der Waals surface area contributed by atoms with E-state index in [4.69, 9.17) is 11.6 Å². The fraction of sp³-hybridized carbons (Fsp3) is 0.263. The zero-order valence-corrected chi connectivity index (χ0v) is 14.7. The zero-order chi connectivity index (χ0) is 15.3. The van der Waals surface area contributed by atoms with Gasteiger partial charge in [0.25, 0.3) is 0 Å². The van der Waals surface area contributed by atoms with Gasteiger partial charge in [-0.2, -0.15) is 0 Å². The Labute approximate surface area is 144 Å². The van der Waals surface area contributed by atoms with Crippen LogP contribution in [0.4, 0.5) is 5.69 Å². The number of allylic oxidation sites excluding steroid dienone is 2. The summed E-state index contributed by atoms with van der Waals surface area (Å²) in [5.41, 5.74) is 5.16. The SMILES string of the molecule is Cc1cc(Cl)cc2c1N[C@H](c1cccc(Br)c1)[C@H]1CC=C[C@@H]21. The van der Waals surface area contributed by atoms with Crippen LogP contribution in [-0.4, -0.2) is 0 Å². The highest BCUT2D eigenvalue weighted by molar-refractivity contribution is 9.10. The van der Waals surface area contributed by atoms with E-state index in [1.165, 1.54) is 22.4 Å². The number of benzene rings is 2. The molecule has 4 rings (SSSR count). The summed E-state index contributed by atoms with van der Waals surface area (Å²) in [6.45, 7) is 2.13. The molecule has 22 heavy (non-hydrogen) atoms. The number of anilines is 1. The van der Waals surface area contributed by atoms with Crippen molar-refractivity contribution in [2.24, 2.45) is 5.92 Å². The molecule has 0 fully saturated rings. The highest BCUT2D eigenvalue weighted by Crippen LogP contribution is 2.51. The van der Waals surface area contributed by atoms with E-state index >= 15 is 0 Å². The van der Waals surface area contributed by atoms with E-state index in [1.807, 2.05) is 6.07 Å². The number of hydrogen-bond acceptors (Lipinski definition) is 1. The third-order valence-corrected chi connectivity index (χ3v) is 5.55. The molecule has 1 aliphatic carbocycles. The molecule has 3 heteroatoms. The number of rotatable bonds is 1. The van der Waals surface area contributed by atoms with E-state index in [0.717, 1.165) is 15.9 Å². The summed E-state index contributed by atoms with van der Waals surface area (Å²) < 4.78 is 1.13. The summed E-state index contributed by atoms with van der Waals surface area (Å²) in [4.78, 5) is 0. The Morgan fingerprint density at radius 2 is 2.09 bits per heavy atom. The predicted octanol–water partition coefficient (Wildman–Crippen LogP) is 6.24. The van der Waals surface area contributed by atoms with Crippen molar-refractivity contribution >= 4 is 33.2 Å². The molecular weight excluding hydrogens is 358 g/mol. The highest BCUT2D eigenvalue weighted by Gasteiger charge is 2.38. The molecule has 0 unspecified atom stereocenters. The maximum absolute atomic E-state index is 6.29. The number of aryl methyl sites for hydroxylation is 1. The average Bonchev–Trinajstić information content (AvgIpc) is 2.96. The molecule has 0 saturated heterocycles. The van der Waals surface area contributed by atoms with Crippen molar-refractivity contribution in [3.05, 3.63) is 74.7 Å². The monoisotopic (exact) mass is 373 g/mol. The third kappa shape index (κ3) is 2.29. The van der Waals surface area contributed by atoms with E-state index in [-0.39, 0.29) is 0 Å². The van der Waals surface area contributed by atoms with Crippen molar-refractivity contribution in [2.75, 3.05) is 5.32 Å². The van der Waals surface area contributed by atoms with Crippen LogP contribution in [0, 0.1) is 12.8 Å². The minimum atomic E-state index is 0.338. The summed E-state index contributed by atoms with van der Waals surface area (Å²) in [5, 5.41) is 4.62. The standard InChI is InChI=1S/C19H17BrClN/c1-11-8-14(21)10-17-15-6-3-7-16(15)19(22-18(11)17)12-4-2-5-13(20)9-12/h2-6,8-10,15-16,19,22H,7H2,1H3/t15-,16+,19-/m1/s1. The Bertz CT molecular complexity index is 768. The molecule has 0 saturated carbocycles. The van der Waals surface area contributed by atoms with Crippen LogP contribution in [0.5, 0.6) is 0 Å². The molecule has 2 aromatic carbocycles. The van der Waals surface area contributed by atoms with E-state index in [2.05, 4.69) is 70.7 Å². The maximum atomic E-state index is 6.29. The van der Waals surface area contributed by atoms with Gasteiger partial charge in [-0.15, -0.1) is 0 Å². The second-order valence-electron chi connectivity index (χ2n) is 6.22. The second-order valence-corrected chi connectivity index (χ2v) is 7.57. The van der Waals surface area contributed by atoms with E-state index in [0.29, 0.717) is 17.9 Å². The molecule has 0 radical (unpaired) electrons. The summed E-state index contributed by atoms with van der Waals surface area (Å²) in [6.07, 6.45) is 5.78. The highest BCUT2D eigenvalue weighted by atomic mass is 79.9. The summed E-state index contributed by atoms with van der Waals surface area (Å²) in [5.74, 6) is 1.01. The minimum absolute atomic E-state index is 0.338. The third-order valence-electron chi connectivity index (χ3n) is 4.84. The lowest BCUT2D eigenvalue weighted by Gasteiger charge is -2.38. The Kier molecular flexibility index (Phi) is 3.54. The van der Waals surface area contributed by atoms with Crippen LogP contribution in [0.25, 0.3) is 0 Å². The molecule has 0 spiro atoms. The fourth-order valence-corrected chi connectivity index (χ4v) is 4.57. The van der Waals surface area contributed by atoms with E-state index in [9.17, 15) is 0 Å². The molecule has 0 bridgehead atoms. The largest absolute Gasteiger partial charge is 0.377 e. The van der Waals surface area contributed by atoms with Crippen LogP contribution in [-0.2, 0) is 0 Å². The van der Waals surface area contributed by atoms with Crippen LogP contribution in [0.3, 0.4) is 0 Å². The van der Waals surface area contributed by atoms with Crippen LogP contribution < -0.4 is 5.32 Å². The molecular formula is C19H17BrClN. The molecule has 1 heterocycles. The van der Waals surface area contributed by atoms with Gasteiger partial charge in [-0.05, 0) is 60.2 Å². The van der Waals surface area contributed by atoms with Gasteiger partial charge in [0.15, 0.2) is 0 Å². The molecule has 3 atom stereocenters. The normalized spacial score (nSPS) is 25.5. The van der Waals surface area contributed by atoms with Crippen molar-refractivity contribution in [1.29, 1.82) is 0 Å². The summed E-state index contributed by atoms with van der Waals surface area (Å²) in [7, 11) is 0. The van der Waals surface area contributed by atoms with Crippen LogP contribution in [0.2, 0.25) is 5.02 Å². The lowest BCUT2D eigenvalue weighted by Crippen LogP contribution is -2.29. The molecule has 2 aliphatic rings. The van der Waals surface area contributed by atoms with Gasteiger partial charge in [0.05, 0.1) is 6.04 Å². The molecule has 0 amide bonds. The van der Waals surface area contributed by atoms with Gasteiger partial charge >= 0.3 is 0 Å². The minimum Gasteiger partial charge on any atom is -0.377 e. The first-order valence-corrected chi connectivity index (χ1v) is 8.79. The van der Waals surface area contributed by atoms with Crippen molar-refractivity contribution in [2.45, 2.75) is 25.3 Å². The first kappa shape index (κ1) is 14.3. The molecule has 1 aliphatic heterocycles. The zero-order valence-electron chi connectivity index (χ0n) is 12.3. The van der Waals surface area contributed by atoms with Gasteiger partial charge in [-0.1, -0.05) is 51.8 Å². The number of halogens is 2. The summed E-state index contributed by atoms with van der Waals surface area (Å²) in [6, 6.07) is 13.1. The average molecular weight is 375 g/mol. The molecule has 112 valence electrons. The number of fused-ring (bicyclic) bond motifs is 3. The Morgan fingerprint density at radius 3 is 2.91 bits per heavy atom. The lowest BCUT2D eigenvalue weighted by atomic mass is 9.76. The van der Waals surface area contributed by atoms with Gasteiger partial charge in [0, 0.05) is 21.1 Å². The summed E-state index contributed by atoms with van der Waals surface area (Å²) >= 11 is 9.88. The van der Waals surface area contributed by atoms with Gasteiger partial charge in [0.2, 0.25) is 0 Å². The molecule has 1 N–H and O–H groups in total. The number of nitrogens with one attached hydrogen (secondary N) is 1. The molecule has 2 aromatic rings. The van der Waals surface area contributed by atoms with Crippen molar-refractivity contribution in [1.82, 2.24) is 0 Å². The Balaban J connectivity index is 1.84. The lowest BCUT2D eigenvalue weighted by molar-refractivity contribution is 0.425. The van der Waals surface area contributed by atoms with Gasteiger partial charge < -0.3 is 5.32 Å². The van der Waals surface area contributed by atoms with Crippen molar-refractivity contribution in [3.8, 4) is 0 Å².